The third-order valence-electron chi connectivity index (χ3n) is 4.09. The van der Waals surface area contributed by atoms with Gasteiger partial charge in [0.1, 0.15) is 5.75 Å². The van der Waals surface area contributed by atoms with Crippen LogP contribution in [-0.2, 0) is 4.79 Å². The van der Waals surface area contributed by atoms with E-state index in [1.54, 1.807) is 0 Å². The first-order chi connectivity index (χ1) is 13.3. The lowest BCUT2D eigenvalue weighted by atomic mass is 10.1. The largest absolute Gasteiger partial charge is 0.483 e. The van der Waals surface area contributed by atoms with Crippen LogP contribution in [-0.4, -0.2) is 17.5 Å². The molecule has 0 atom stereocenters. The summed E-state index contributed by atoms with van der Waals surface area (Å²) in [6.07, 6.45) is 0. The van der Waals surface area contributed by atoms with Crippen LogP contribution in [0.4, 0.5) is 5.13 Å². The minimum Gasteiger partial charge on any atom is -0.483 e. The molecule has 28 heavy (non-hydrogen) atoms. The summed E-state index contributed by atoms with van der Waals surface area (Å²) in [5.74, 6) is 0.314. The Morgan fingerprint density at radius 2 is 1.89 bits per heavy atom. The minimum absolute atomic E-state index is 0.120. The smallest absolute Gasteiger partial charge is 0.264 e. The third-order valence-corrected chi connectivity index (χ3v) is 7.07. The van der Waals surface area contributed by atoms with Crippen molar-refractivity contribution in [2.75, 3.05) is 11.9 Å². The molecular formula is C20H17Br2ClN2O2S. The Kier molecular flexibility index (Phi) is 6.81. The van der Waals surface area contributed by atoms with Crippen LogP contribution < -0.4 is 10.1 Å². The van der Waals surface area contributed by atoms with Gasteiger partial charge in [-0.25, -0.2) is 4.98 Å². The maximum absolute atomic E-state index is 12.3. The Morgan fingerprint density at radius 1 is 1.21 bits per heavy atom. The molecule has 1 aromatic heterocycles. The zero-order chi connectivity index (χ0) is 20.4. The number of amides is 1. The highest BCUT2D eigenvalue weighted by molar-refractivity contribution is 9.10. The molecule has 0 unspecified atom stereocenters. The number of carbonyl (C=O) groups excluding carboxylic acids is 1. The first-order valence-corrected chi connectivity index (χ1v) is 11.2. The topological polar surface area (TPSA) is 51.2 Å². The standard InChI is InChI=1S/C20H17Br2ClN2O2S/c1-10-8-15(17(22)11(2)18(10)23)27-9-16(26)24-20-25-19(12(3)28-20)13-4-6-14(21)7-5-13/h4-8H,9H2,1-3H3,(H,24,25,26). The molecule has 1 heterocycles. The van der Waals surface area contributed by atoms with Gasteiger partial charge in [0.25, 0.3) is 5.91 Å². The van der Waals surface area contributed by atoms with E-state index in [2.05, 4.69) is 42.2 Å². The van der Waals surface area contributed by atoms with Crippen LogP contribution in [0.5, 0.6) is 5.75 Å². The van der Waals surface area contributed by atoms with Crippen molar-refractivity contribution in [3.05, 3.63) is 60.3 Å². The minimum atomic E-state index is -0.270. The summed E-state index contributed by atoms with van der Waals surface area (Å²) in [4.78, 5) is 17.9. The van der Waals surface area contributed by atoms with E-state index < -0.39 is 0 Å². The van der Waals surface area contributed by atoms with Crippen molar-refractivity contribution in [1.29, 1.82) is 0 Å². The molecule has 3 aromatic rings. The Balaban J connectivity index is 1.68. The number of aryl methyl sites for hydroxylation is 2. The summed E-state index contributed by atoms with van der Waals surface area (Å²) in [6, 6.07) is 9.72. The van der Waals surface area contributed by atoms with Gasteiger partial charge in [-0.2, -0.15) is 0 Å². The predicted molar refractivity (Wildman–Crippen MR) is 123 cm³/mol. The zero-order valence-corrected chi connectivity index (χ0v) is 20.1. The number of aromatic nitrogens is 1. The lowest BCUT2D eigenvalue weighted by molar-refractivity contribution is -0.118. The molecule has 2 aromatic carbocycles. The van der Waals surface area contributed by atoms with E-state index in [-0.39, 0.29) is 12.5 Å². The third kappa shape index (κ3) is 4.76. The summed E-state index contributed by atoms with van der Waals surface area (Å²) < 4.78 is 7.43. The van der Waals surface area contributed by atoms with Gasteiger partial charge in [0.15, 0.2) is 11.7 Å². The van der Waals surface area contributed by atoms with E-state index in [0.717, 1.165) is 36.2 Å². The maximum atomic E-state index is 12.3. The average Bonchev–Trinajstić information content (AvgIpc) is 3.02. The van der Waals surface area contributed by atoms with Gasteiger partial charge in [-0.05, 0) is 66.0 Å². The van der Waals surface area contributed by atoms with Crippen LogP contribution >= 0.6 is 54.8 Å². The molecule has 8 heteroatoms. The number of hydrogen-bond donors (Lipinski definition) is 1. The average molecular weight is 545 g/mol. The Labute approximate surface area is 189 Å². The van der Waals surface area contributed by atoms with Crippen molar-refractivity contribution in [3.63, 3.8) is 0 Å². The highest BCUT2D eigenvalue weighted by Crippen LogP contribution is 2.36. The normalized spacial score (nSPS) is 10.8. The van der Waals surface area contributed by atoms with Crippen LogP contribution in [0.2, 0.25) is 5.02 Å². The number of anilines is 1. The molecule has 1 amide bonds. The number of halogens is 3. The number of hydrogen-bond acceptors (Lipinski definition) is 4. The first-order valence-electron chi connectivity index (χ1n) is 8.37. The molecule has 0 bridgehead atoms. The van der Waals surface area contributed by atoms with Gasteiger partial charge < -0.3 is 4.74 Å². The molecule has 4 nitrogen and oxygen atoms in total. The number of nitrogens with zero attached hydrogens (tertiary/aromatic N) is 1. The summed E-state index contributed by atoms with van der Waals surface area (Å²) in [7, 11) is 0. The highest BCUT2D eigenvalue weighted by atomic mass is 79.9. The summed E-state index contributed by atoms with van der Waals surface area (Å²) in [6.45, 7) is 5.66. The molecule has 0 aliphatic rings. The van der Waals surface area contributed by atoms with Gasteiger partial charge in [0.2, 0.25) is 0 Å². The molecule has 0 aliphatic carbocycles. The Hall–Kier alpha value is -1.41. The van der Waals surface area contributed by atoms with Gasteiger partial charge in [-0.1, -0.05) is 39.7 Å². The number of nitrogens with one attached hydrogen (secondary N) is 1. The van der Waals surface area contributed by atoms with Gasteiger partial charge >= 0.3 is 0 Å². The predicted octanol–water partition coefficient (Wildman–Crippen LogP) is 6.93. The van der Waals surface area contributed by atoms with Crippen molar-refractivity contribution < 1.29 is 9.53 Å². The quantitative estimate of drug-likeness (QED) is 0.379. The molecule has 0 saturated carbocycles. The Bertz CT molecular complexity index is 1040. The van der Waals surface area contributed by atoms with E-state index in [4.69, 9.17) is 16.3 Å². The van der Waals surface area contributed by atoms with Crippen molar-refractivity contribution in [2.24, 2.45) is 0 Å². The lowest BCUT2D eigenvalue weighted by Gasteiger charge is -2.12. The first kappa shape index (κ1) is 21.3. The number of rotatable bonds is 5. The summed E-state index contributed by atoms with van der Waals surface area (Å²) in [5.41, 5.74) is 3.64. The van der Waals surface area contributed by atoms with Crippen LogP contribution in [0.1, 0.15) is 16.0 Å². The molecule has 0 fully saturated rings. The van der Waals surface area contributed by atoms with Crippen molar-refractivity contribution in [3.8, 4) is 17.0 Å². The molecule has 1 N–H and O–H groups in total. The van der Waals surface area contributed by atoms with Crippen molar-refractivity contribution in [1.82, 2.24) is 4.98 Å². The molecule has 0 spiro atoms. The van der Waals surface area contributed by atoms with E-state index in [1.807, 2.05) is 51.1 Å². The number of benzene rings is 2. The van der Waals surface area contributed by atoms with Gasteiger partial charge in [-0.15, -0.1) is 11.3 Å². The number of carbonyl (C=O) groups is 1. The fraction of sp³-hybridized carbons (Fsp3) is 0.200. The summed E-state index contributed by atoms with van der Waals surface area (Å²) in [5, 5.41) is 4.04. The SMILES string of the molecule is Cc1cc(OCC(=O)Nc2nc(-c3ccc(Br)cc3)c(C)s2)c(Br)c(C)c1Cl. The Morgan fingerprint density at radius 3 is 2.57 bits per heavy atom. The lowest BCUT2D eigenvalue weighted by Crippen LogP contribution is -2.20. The van der Waals surface area contributed by atoms with Gasteiger partial charge in [0, 0.05) is 19.9 Å². The van der Waals surface area contributed by atoms with Crippen LogP contribution in [0.3, 0.4) is 0 Å². The summed E-state index contributed by atoms with van der Waals surface area (Å²) >= 11 is 14.6. The van der Waals surface area contributed by atoms with Gasteiger partial charge in [-0.3, -0.25) is 10.1 Å². The fourth-order valence-corrected chi connectivity index (χ4v) is 4.44. The van der Waals surface area contributed by atoms with Crippen molar-refractivity contribution >= 4 is 65.8 Å². The van der Waals surface area contributed by atoms with E-state index in [9.17, 15) is 4.79 Å². The van der Waals surface area contributed by atoms with Crippen LogP contribution in [0.15, 0.2) is 39.3 Å². The van der Waals surface area contributed by atoms with Gasteiger partial charge in [0.05, 0.1) is 10.2 Å². The maximum Gasteiger partial charge on any atom is 0.264 e. The molecule has 3 rings (SSSR count). The highest BCUT2D eigenvalue weighted by Gasteiger charge is 2.15. The molecule has 0 aliphatic heterocycles. The number of ether oxygens (including phenoxy) is 1. The van der Waals surface area contributed by atoms with Crippen LogP contribution in [0.25, 0.3) is 11.3 Å². The second-order valence-corrected chi connectivity index (χ2v) is 9.50. The molecule has 0 radical (unpaired) electrons. The second-order valence-electron chi connectivity index (χ2n) is 6.21. The zero-order valence-electron chi connectivity index (χ0n) is 15.4. The van der Waals surface area contributed by atoms with E-state index in [0.29, 0.717) is 15.9 Å². The van der Waals surface area contributed by atoms with Crippen LogP contribution in [0, 0.1) is 20.8 Å². The monoisotopic (exact) mass is 542 g/mol. The number of thiazole rings is 1. The second kappa shape index (κ2) is 8.95. The van der Waals surface area contributed by atoms with Crippen molar-refractivity contribution in [2.45, 2.75) is 20.8 Å². The molecular weight excluding hydrogens is 528 g/mol. The molecule has 0 saturated heterocycles. The fourth-order valence-electron chi connectivity index (χ4n) is 2.63. The van der Waals surface area contributed by atoms with E-state index in [1.165, 1.54) is 11.3 Å². The van der Waals surface area contributed by atoms with E-state index >= 15 is 0 Å². The molecule has 146 valence electrons.